The van der Waals surface area contributed by atoms with Crippen LogP contribution in [0.1, 0.15) is 35.2 Å². The number of unbranched alkanes of at least 4 members (excludes halogenated alkanes) is 1. The van der Waals surface area contributed by atoms with Gasteiger partial charge in [0.25, 0.3) is 0 Å². The second-order valence-corrected chi connectivity index (χ2v) is 4.66. The molecule has 2 rings (SSSR count). The highest BCUT2D eigenvalue weighted by molar-refractivity contribution is 6.05. The highest BCUT2D eigenvalue weighted by Crippen LogP contribution is 2.32. The average molecular weight is 294 g/mol. The number of aliphatic hydroxyl groups excluding tert-OH is 1. The summed E-state index contributed by atoms with van der Waals surface area (Å²) in [5, 5.41) is 11.4. The number of rotatable bonds is 6. The summed E-state index contributed by atoms with van der Waals surface area (Å²) in [5.74, 6) is -0.607. The monoisotopic (exact) mass is 294 g/mol. The van der Waals surface area contributed by atoms with Crippen LogP contribution in [0.5, 0.6) is 5.88 Å². The van der Waals surface area contributed by atoms with Crippen molar-refractivity contribution >= 4 is 17.6 Å². The summed E-state index contributed by atoms with van der Waals surface area (Å²) in [6.45, 7) is 0.408. The van der Waals surface area contributed by atoms with Crippen molar-refractivity contribution < 1.29 is 24.2 Å². The summed E-state index contributed by atoms with van der Waals surface area (Å²) >= 11 is 0. The number of anilines is 1. The summed E-state index contributed by atoms with van der Waals surface area (Å²) in [6, 6.07) is 0. The summed E-state index contributed by atoms with van der Waals surface area (Å²) in [7, 11) is 1.27. The van der Waals surface area contributed by atoms with Crippen LogP contribution < -0.4 is 10.1 Å². The molecule has 0 atom stereocenters. The molecule has 21 heavy (non-hydrogen) atoms. The van der Waals surface area contributed by atoms with Gasteiger partial charge < -0.3 is 19.9 Å². The van der Waals surface area contributed by atoms with Crippen LogP contribution in [0.3, 0.4) is 0 Å². The van der Waals surface area contributed by atoms with E-state index in [4.69, 9.17) is 14.6 Å². The number of aromatic nitrogens is 1. The Hall–Kier alpha value is -2.15. The maximum absolute atomic E-state index is 12.0. The Bertz CT molecular complexity index is 544. The first-order valence-corrected chi connectivity index (χ1v) is 6.81. The number of ether oxygens (including phenoxy) is 2. The minimum absolute atomic E-state index is 0.0842. The first-order valence-electron chi connectivity index (χ1n) is 6.81. The van der Waals surface area contributed by atoms with E-state index < -0.39 is 5.97 Å². The number of amides is 1. The number of hydrogen-bond acceptors (Lipinski definition) is 6. The van der Waals surface area contributed by atoms with Crippen molar-refractivity contribution in [3.63, 3.8) is 0 Å². The topological polar surface area (TPSA) is 97.8 Å². The van der Waals surface area contributed by atoms with Crippen molar-refractivity contribution in [2.24, 2.45) is 0 Å². The molecule has 0 fully saturated rings. The predicted molar refractivity (Wildman–Crippen MR) is 74.3 cm³/mol. The number of nitrogens with zero attached hydrogens (tertiary/aromatic N) is 1. The fourth-order valence-electron chi connectivity index (χ4n) is 2.10. The first-order chi connectivity index (χ1) is 10.2. The van der Waals surface area contributed by atoms with Gasteiger partial charge in [0.2, 0.25) is 11.8 Å². The Kier molecular flexibility index (Phi) is 5.10. The molecule has 2 N–H and O–H groups in total. The van der Waals surface area contributed by atoms with E-state index in [9.17, 15) is 9.59 Å². The number of hydrogen-bond donors (Lipinski definition) is 2. The van der Waals surface area contributed by atoms with Gasteiger partial charge in [-0.25, -0.2) is 9.78 Å². The van der Waals surface area contributed by atoms with Crippen LogP contribution in [0.4, 0.5) is 5.69 Å². The average Bonchev–Trinajstić information content (AvgIpc) is 2.50. The van der Waals surface area contributed by atoms with E-state index in [1.807, 2.05) is 0 Å². The highest BCUT2D eigenvalue weighted by atomic mass is 16.5. The smallest absolute Gasteiger partial charge is 0.345 e. The Morgan fingerprint density at radius 1 is 1.43 bits per heavy atom. The van der Waals surface area contributed by atoms with Crippen LogP contribution >= 0.6 is 0 Å². The van der Waals surface area contributed by atoms with Crippen LogP contribution in [0.25, 0.3) is 0 Å². The molecule has 0 aliphatic carbocycles. The molecule has 0 radical (unpaired) electrons. The number of aryl methyl sites for hydroxylation is 1. The second kappa shape index (κ2) is 7.03. The molecule has 0 aromatic carbocycles. The number of carbonyl (C=O) groups is 2. The number of aliphatic hydroxyl groups is 1. The molecule has 1 aliphatic rings. The Labute approximate surface area is 122 Å². The molecule has 1 aromatic heterocycles. The molecule has 0 saturated carbocycles. The van der Waals surface area contributed by atoms with Crippen molar-refractivity contribution in [2.45, 2.75) is 25.7 Å². The quantitative estimate of drug-likeness (QED) is 0.597. The van der Waals surface area contributed by atoms with Crippen molar-refractivity contribution in [3.05, 3.63) is 17.3 Å². The minimum atomic E-state index is -0.598. The summed E-state index contributed by atoms with van der Waals surface area (Å²) in [4.78, 5) is 27.7. The predicted octanol–water partition coefficient (Wildman–Crippen LogP) is 0.904. The number of methoxy groups -OCH3 is 1. The van der Waals surface area contributed by atoms with Gasteiger partial charge in [-0.05, 0) is 24.8 Å². The minimum Gasteiger partial charge on any atom is -0.477 e. The number of pyridine rings is 1. The molecule has 7 heteroatoms. The highest BCUT2D eigenvalue weighted by Gasteiger charge is 2.27. The van der Waals surface area contributed by atoms with Gasteiger partial charge in [0, 0.05) is 19.2 Å². The SMILES string of the molecule is COC(=O)c1c(OCCCCO)ncc2c1NC(=O)CC2. The van der Waals surface area contributed by atoms with Crippen molar-refractivity contribution in [3.8, 4) is 5.88 Å². The van der Waals surface area contributed by atoms with Crippen LogP contribution in [0.15, 0.2) is 6.20 Å². The first kappa shape index (κ1) is 15.2. The van der Waals surface area contributed by atoms with Gasteiger partial charge in [0.05, 0.1) is 19.4 Å². The molecule has 1 aliphatic heterocycles. The fourth-order valence-corrected chi connectivity index (χ4v) is 2.10. The van der Waals surface area contributed by atoms with Gasteiger partial charge in [-0.2, -0.15) is 0 Å². The zero-order chi connectivity index (χ0) is 15.2. The zero-order valence-electron chi connectivity index (χ0n) is 11.8. The molecule has 0 unspecified atom stereocenters. The van der Waals surface area contributed by atoms with E-state index >= 15 is 0 Å². The van der Waals surface area contributed by atoms with Crippen LogP contribution in [0, 0.1) is 0 Å². The maximum Gasteiger partial charge on any atom is 0.345 e. The van der Waals surface area contributed by atoms with E-state index in [0.29, 0.717) is 38.0 Å². The fraction of sp³-hybridized carbons (Fsp3) is 0.500. The van der Waals surface area contributed by atoms with Crippen LogP contribution in [-0.2, 0) is 16.0 Å². The zero-order valence-corrected chi connectivity index (χ0v) is 11.8. The Morgan fingerprint density at radius 3 is 2.95 bits per heavy atom. The third-order valence-corrected chi connectivity index (χ3v) is 3.19. The molecule has 114 valence electrons. The molecular weight excluding hydrogens is 276 g/mol. The number of nitrogens with one attached hydrogen (secondary N) is 1. The number of esters is 1. The lowest BCUT2D eigenvalue weighted by atomic mass is 10.0. The van der Waals surface area contributed by atoms with Crippen molar-refractivity contribution in [2.75, 3.05) is 25.6 Å². The van der Waals surface area contributed by atoms with Crippen molar-refractivity contribution in [1.29, 1.82) is 0 Å². The van der Waals surface area contributed by atoms with Crippen molar-refractivity contribution in [1.82, 2.24) is 4.98 Å². The molecule has 7 nitrogen and oxygen atoms in total. The van der Waals surface area contributed by atoms with Gasteiger partial charge in [-0.15, -0.1) is 0 Å². The molecule has 1 amide bonds. The summed E-state index contributed by atoms with van der Waals surface area (Å²) in [6.07, 6.45) is 3.75. The lowest BCUT2D eigenvalue weighted by Gasteiger charge is -2.20. The van der Waals surface area contributed by atoms with Gasteiger partial charge in [0.1, 0.15) is 5.56 Å². The van der Waals surface area contributed by atoms with E-state index in [1.165, 1.54) is 7.11 Å². The third kappa shape index (κ3) is 3.49. The van der Waals surface area contributed by atoms with E-state index in [0.717, 1.165) is 5.56 Å². The maximum atomic E-state index is 12.0. The lowest BCUT2D eigenvalue weighted by Crippen LogP contribution is -2.23. The lowest BCUT2D eigenvalue weighted by molar-refractivity contribution is -0.116. The van der Waals surface area contributed by atoms with Crippen LogP contribution in [-0.4, -0.2) is 42.3 Å². The van der Waals surface area contributed by atoms with E-state index in [-0.39, 0.29) is 24.0 Å². The molecule has 1 aromatic rings. The van der Waals surface area contributed by atoms with Gasteiger partial charge in [0.15, 0.2) is 0 Å². The largest absolute Gasteiger partial charge is 0.477 e. The van der Waals surface area contributed by atoms with Gasteiger partial charge in [-0.1, -0.05) is 0 Å². The third-order valence-electron chi connectivity index (χ3n) is 3.19. The number of fused-ring (bicyclic) bond motifs is 1. The molecule has 0 bridgehead atoms. The Balaban J connectivity index is 2.29. The van der Waals surface area contributed by atoms with Crippen LogP contribution in [0.2, 0.25) is 0 Å². The molecule has 0 saturated heterocycles. The number of carbonyl (C=O) groups excluding carboxylic acids is 2. The van der Waals surface area contributed by atoms with E-state index in [2.05, 4.69) is 10.3 Å². The summed E-state index contributed by atoms with van der Waals surface area (Å²) < 4.78 is 10.2. The molecule has 2 heterocycles. The standard InChI is InChI=1S/C14H18N2O5/c1-20-14(19)11-12-9(4-5-10(18)16-12)8-15-13(11)21-7-3-2-6-17/h8,17H,2-7H2,1H3,(H,16,18). The Morgan fingerprint density at radius 2 is 2.24 bits per heavy atom. The van der Waals surface area contributed by atoms with Gasteiger partial charge in [-0.3, -0.25) is 4.79 Å². The molecule has 0 spiro atoms. The van der Waals surface area contributed by atoms with E-state index in [1.54, 1.807) is 6.20 Å². The van der Waals surface area contributed by atoms with Gasteiger partial charge >= 0.3 is 5.97 Å². The summed E-state index contributed by atoms with van der Waals surface area (Å²) in [5.41, 5.74) is 1.36. The second-order valence-electron chi connectivity index (χ2n) is 4.66. The normalized spacial score (nSPS) is 13.3. The molecular formula is C14H18N2O5.